The molecular formula is C12H17ClN2S. The molecule has 0 unspecified atom stereocenters. The summed E-state index contributed by atoms with van der Waals surface area (Å²) in [5.41, 5.74) is 0.952. The minimum atomic E-state index is 0.437. The van der Waals surface area contributed by atoms with Crippen LogP contribution in [0.5, 0.6) is 0 Å². The molecule has 16 heavy (non-hydrogen) atoms. The van der Waals surface area contributed by atoms with Gasteiger partial charge in [0.1, 0.15) is 0 Å². The van der Waals surface area contributed by atoms with E-state index in [0.29, 0.717) is 11.2 Å². The fraction of sp³-hybridized carbons (Fsp3) is 0.417. The minimum Gasteiger partial charge on any atom is -0.360 e. The number of hydrogen-bond donors (Lipinski definition) is 2. The number of benzene rings is 1. The van der Waals surface area contributed by atoms with Crippen molar-refractivity contribution < 1.29 is 0 Å². The van der Waals surface area contributed by atoms with E-state index >= 15 is 0 Å². The SMILES string of the molecule is CCC(CC)NC(=S)Nc1ccc(Cl)cc1. The summed E-state index contributed by atoms with van der Waals surface area (Å²) in [5.74, 6) is 0. The van der Waals surface area contributed by atoms with Gasteiger partial charge in [0.25, 0.3) is 0 Å². The molecule has 0 aliphatic heterocycles. The number of thiocarbonyl (C=S) groups is 1. The van der Waals surface area contributed by atoms with Crippen LogP contribution in [0.3, 0.4) is 0 Å². The lowest BCUT2D eigenvalue weighted by molar-refractivity contribution is 0.573. The Morgan fingerprint density at radius 3 is 2.31 bits per heavy atom. The Morgan fingerprint density at radius 2 is 1.81 bits per heavy atom. The number of nitrogens with one attached hydrogen (secondary N) is 2. The molecule has 0 saturated carbocycles. The summed E-state index contributed by atoms with van der Waals surface area (Å²) in [6.07, 6.45) is 2.14. The molecule has 0 aliphatic carbocycles. The number of hydrogen-bond acceptors (Lipinski definition) is 1. The van der Waals surface area contributed by atoms with Crippen molar-refractivity contribution in [1.82, 2.24) is 5.32 Å². The second-order valence-electron chi connectivity index (χ2n) is 3.62. The highest BCUT2D eigenvalue weighted by Crippen LogP contribution is 2.13. The van der Waals surface area contributed by atoms with Crippen LogP contribution in [-0.2, 0) is 0 Å². The maximum Gasteiger partial charge on any atom is 0.170 e. The maximum atomic E-state index is 5.80. The first-order chi connectivity index (χ1) is 7.65. The van der Waals surface area contributed by atoms with Crippen molar-refractivity contribution in [2.75, 3.05) is 5.32 Å². The molecule has 0 spiro atoms. The van der Waals surface area contributed by atoms with Crippen molar-refractivity contribution in [2.45, 2.75) is 32.7 Å². The minimum absolute atomic E-state index is 0.437. The van der Waals surface area contributed by atoms with Crippen molar-refractivity contribution in [1.29, 1.82) is 0 Å². The van der Waals surface area contributed by atoms with Crippen molar-refractivity contribution >= 4 is 34.6 Å². The Balaban J connectivity index is 2.48. The standard InChI is InChI=1S/C12H17ClN2S/c1-3-10(4-2)14-12(16)15-11-7-5-9(13)6-8-11/h5-8,10H,3-4H2,1-2H3,(H2,14,15,16). The molecule has 0 heterocycles. The van der Waals surface area contributed by atoms with Gasteiger partial charge in [-0.3, -0.25) is 0 Å². The van der Waals surface area contributed by atoms with Gasteiger partial charge in [0, 0.05) is 16.8 Å². The van der Waals surface area contributed by atoms with Gasteiger partial charge >= 0.3 is 0 Å². The fourth-order valence-corrected chi connectivity index (χ4v) is 1.79. The molecule has 0 amide bonds. The molecule has 1 aromatic rings. The fourth-order valence-electron chi connectivity index (χ4n) is 1.38. The second-order valence-corrected chi connectivity index (χ2v) is 4.46. The predicted molar refractivity (Wildman–Crippen MR) is 75.2 cm³/mol. The van der Waals surface area contributed by atoms with Gasteiger partial charge in [-0.05, 0) is 49.3 Å². The van der Waals surface area contributed by atoms with Crippen molar-refractivity contribution in [3.8, 4) is 0 Å². The normalized spacial score (nSPS) is 10.2. The smallest absolute Gasteiger partial charge is 0.170 e. The highest BCUT2D eigenvalue weighted by molar-refractivity contribution is 7.80. The molecule has 0 atom stereocenters. The quantitative estimate of drug-likeness (QED) is 0.801. The second kappa shape index (κ2) is 6.71. The summed E-state index contributed by atoms with van der Waals surface area (Å²) < 4.78 is 0. The molecule has 0 aliphatic rings. The van der Waals surface area contributed by atoms with Crippen LogP contribution in [0.2, 0.25) is 5.02 Å². The number of anilines is 1. The van der Waals surface area contributed by atoms with E-state index in [-0.39, 0.29) is 0 Å². The van der Waals surface area contributed by atoms with Crippen LogP contribution in [0.25, 0.3) is 0 Å². The summed E-state index contributed by atoms with van der Waals surface area (Å²) in [6.45, 7) is 4.29. The molecule has 88 valence electrons. The molecular weight excluding hydrogens is 240 g/mol. The van der Waals surface area contributed by atoms with Gasteiger partial charge in [-0.25, -0.2) is 0 Å². The highest BCUT2D eigenvalue weighted by atomic mass is 35.5. The molecule has 1 aromatic carbocycles. The highest BCUT2D eigenvalue weighted by Gasteiger charge is 2.04. The van der Waals surface area contributed by atoms with E-state index in [1.165, 1.54) is 0 Å². The average molecular weight is 257 g/mol. The zero-order valence-electron chi connectivity index (χ0n) is 9.59. The van der Waals surface area contributed by atoms with E-state index in [4.69, 9.17) is 23.8 Å². The summed E-state index contributed by atoms with van der Waals surface area (Å²) in [5, 5.41) is 7.79. The van der Waals surface area contributed by atoms with Gasteiger partial charge in [0.2, 0.25) is 0 Å². The molecule has 2 nitrogen and oxygen atoms in total. The first-order valence-corrected chi connectivity index (χ1v) is 6.27. The van der Waals surface area contributed by atoms with Gasteiger partial charge in [-0.1, -0.05) is 25.4 Å². The van der Waals surface area contributed by atoms with E-state index in [0.717, 1.165) is 23.6 Å². The maximum absolute atomic E-state index is 5.80. The summed E-state index contributed by atoms with van der Waals surface area (Å²) >= 11 is 11.0. The van der Waals surface area contributed by atoms with E-state index in [9.17, 15) is 0 Å². The van der Waals surface area contributed by atoms with Gasteiger partial charge in [0.05, 0.1) is 0 Å². The molecule has 0 bridgehead atoms. The topological polar surface area (TPSA) is 24.1 Å². The van der Waals surface area contributed by atoms with Crippen LogP contribution in [0.4, 0.5) is 5.69 Å². The molecule has 1 rings (SSSR count). The Bertz CT molecular complexity index is 333. The molecule has 2 N–H and O–H groups in total. The molecule has 4 heteroatoms. The molecule has 0 saturated heterocycles. The lowest BCUT2D eigenvalue weighted by atomic mass is 10.2. The van der Waals surface area contributed by atoms with Crippen LogP contribution >= 0.6 is 23.8 Å². The third-order valence-corrected chi connectivity index (χ3v) is 2.89. The van der Waals surface area contributed by atoms with E-state index < -0.39 is 0 Å². The Morgan fingerprint density at radius 1 is 1.25 bits per heavy atom. The largest absolute Gasteiger partial charge is 0.360 e. The summed E-state index contributed by atoms with van der Waals surface area (Å²) in [4.78, 5) is 0. The van der Waals surface area contributed by atoms with Crippen LogP contribution in [0.1, 0.15) is 26.7 Å². The van der Waals surface area contributed by atoms with Crippen LogP contribution in [0, 0.1) is 0 Å². The van der Waals surface area contributed by atoms with Gasteiger partial charge in [-0.15, -0.1) is 0 Å². The van der Waals surface area contributed by atoms with Gasteiger partial charge in [-0.2, -0.15) is 0 Å². The third kappa shape index (κ3) is 4.37. The van der Waals surface area contributed by atoms with Crippen molar-refractivity contribution in [3.63, 3.8) is 0 Å². The monoisotopic (exact) mass is 256 g/mol. The Hall–Kier alpha value is -0.800. The first kappa shape index (κ1) is 13.3. The van der Waals surface area contributed by atoms with Gasteiger partial charge < -0.3 is 10.6 Å². The molecule has 0 fully saturated rings. The predicted octanol–water partition coefficient (Wildman–Crippen LogP) is 3.82. The van der Waals surface area contributed by atoms with Crippen LogP contribution < -0.4 is 10.6 Å². The lowest BCUT2D eigenvalue weighted by Gasteiger charge is -2.17. The lowest BCUT2D eigenvalue weighted by Crippen LogP contribution is -2.36. The van der Waals surface area contributed by atoms with Crippen molar-refractivity contribution in [2.24, 2.45) is 0 Å². The van der Waals surface area contributed by atoms with Crippen LogP contribution in [0.15, 0.2) is 24.3 Å². The average Bonchev–Trinajstić information content (AvgIpc) is 2.29. The van der Waals surface area contributed by atoms with E-state index in [2.05, 4.69) is 24.5 Å². The Labute approximate surface area is 107 Å². The third-order valence-electron chi connectivity index (χ3n) is 2.42. The Kier molecular flexibility index (Phi) is 5.56. The molecule has 0 radical (unpaired) electrons. The zero-order valence-corrected chi connectivity index (χ0v) is 11.2. The van der Waals surface area contributed by atoms with Crippen LogP contribution in [-0.4, -0.2) is 11.2 Å². The number of rotatable bonds is 4. The number of halogens is 1. The summed E-state index contributed by atoms with van der Waals surface area (Å²) in [7, 11) is 0. The van der Waals surface area contributed by atoms with Gasteiger partial charge in [0.15, 0.2) is 5.11 Å². The van der Waals surface area contributed by atoms with E-state index in [1.807, 2.05) is 24.3 Å². The molecule has 0 aromatic heterocycles. The first-order valence-electron chi connectivity index (χ1n) is 5.48. The van der Waals surface area contributed by atoms with Crippen molar-refractivity contribution in [3.05, 3.63) is 29.3 Å². The zero-order chi connectivity index (χ0) is 12.0. The summed E-state index contributed by atoms with van der Waals surface area (Å²) in [6, 6.07) is 7.92. The van der Waals surface area contributed by atoms with E-state index in [1.54, 1.807) is 0 Å².